The Morgan fingerprint density at radius 1 is 1.19 bits per heavy atom. The summed E-state index contributed by atoms with van der Waals surface area (Å²) in [5.74, 6) is 0.675. The highest BCUT2D eigenvalue weighted by Gasteiger charge is 2.22. The molecule has 0 fully saturated rings. The molecule has 0 N–H and O–H groups in total. The molecule has 0 radical (unpaired) electrons. The van der Waals surface area contributed by atoms with Crippen LogP contribution in [0.1, 0.15) is 37.9 Å². The molecule has 0 unspecified atom stereocenters. The maximum atomic E-state index is 12.8. The molecule has 0 aromatic carbocycles. The summed E-state index contributed by atoms with van der Waals surface area (Å²) in [4.78, 5) is 4.87. The lowest BCUT2D eigenvalue weighted by atomic mass is 10.3. The van der Waals surface area contributed by atoms with Crippen LogP contribution < -0.4 is 0 Å². The van der Waals surface area contributed by atoms with Gasteiger partial charge in [-0.3, -0.25) is 4.40 Å². The first kappa shape index (κ1) is 20.2. The summed E-state index contributed by atoms with van der Waals surface area (Å²) in [6.45, 7) is 6.68. The minimum Gasteiger partial charge on any atom is -0.276 e. The molecule has 0 saturated heterocycles. The number of hydrogen-bond acceptors (Lipinski definition) is 7. The normalized spacial score (nSPS) is 12.3. The zero-order chi connectivity index (χ0) is 19.4. The highest BCUT2D eigenvalue weighted by Crippen LogP contribution is 2.25. The van der Waals surface area contributed by atoms with Crippen LogP contribution in [-0.2, 0) is 22.2 Å². The fourth-order valence-corrected chi connectivity index (χ4v) is 5.97. The van der Waals surface area contributed by atoms with Crippen molar-refractivity contribution in [2.75, 3.05) is 13.1 Å². The van der Waals surface area contributed by atoms with Crippen molar-refractivity contribution < 1.29 is 8.42 Å². The first-order valence-corrected chi connectivity index (χ1v) is 12.2. The van der Waals surface area contributed by atoms with E-state index >= 15 is 0 Å². The lowest BCUT2D eigenvalue weighted by molar-refractivity contribution is 0.445. The SMILES string of the molecule is CCCc1nc(CSc2nnc3ccc(S(=O)(=O)N(CC)CC)cn23)cs1. The monoisotopic (exact) mass is 425 g/mol. The molecule has 27 heavy (non-hydrogen) atoms. The van der Waals surface area contributed by atoms with Crippen LogP contribution in [0.5, 0.6) is 0 Å². The van der Waals surface area contributed by atoms with E-state index in [0.29, 0.717) is 29.6 Å². The molecule has 3 aromatic heterocycles. The smallest absolute Gasteiger partial charge is 0.244 e. The Labute approximate surface area is 167 Å². The van der Waals surface area contributed by atoms with E-state index in [2.05, 4.69) is 27.5 Å². The van der Waals surface area contributed by atoms with E-state index in [-0.39, 0.29) is 4.90 Å². The summed E-state index contributed by atoms with van der Waals surface area (Å²) >= 11 is 3.18. The second kappa shape index (κ2) is 8.68. The van der Waals surface area contributed by atoms with Crippen molar-refractivity contribution in [3.63, 3.8) is 0 Å². The third-order valence-electron chi connectivity index (χ3n) is 4.10. The van der Waals surface area contributed by atoms with Crippen molar-refractivity contribution in [3.05, 3.63) is 34.4 Å². The quantitative estimate of drug-likeness (QED) is 0.489. The van der Waals surface area contributed by atoms with Gasteiger partial charge in [0.1, 0.15) is 0 Å². The minimum atomic E-state index is -3.52. The van der Waals surface area contributed by atoms with Crippen LogP contribution in [0.2, 0.25) is 0 Å². The lowest BCUT2D eigenvalue weighted by Gasteiger charge is -2.18. The molecule has 3 rings (SSSR count). The van der Waals surface area contributed by atoms with E-state index in [1.54, 1.807) is 34.1 Å². The van der Waals surface area contributed by atoms with Gasteiger partial charge in [0.15, 0.2) is 10.8 Å². The summed E-state index contributed by atoms with van der Waals surface area (Å²) in [6, 6.07) is 3.28. The summed E-state index contributed by atoms with van der Waals surface area (Å²) in [5, 5.41) is 12.2. The van der Waals surface area contributed by atoms with Gasteiger partial charge in [0.25, 0.3) is 0 Å². The second-order valence-corrected chi connectivity index (χ2v) is 9.76. The van der Waals surface area contributed by atoms with Gasteiger partial charge in [-0.2, -0.15) is 4.31 Å². The first-order chi connectivity index (χ1) is 13.0. The number of fused-ring (bicyclic) bond motifs is 1. The fourth-order valence-electron chi connectivity index (χ4n) is 2.70. The second-order valence-electron chi connectivity index (χ2n) is 5.94. The molecule has 0 aliphatic carbocycles. The Balaban J connectivity index is 1.84. The Hall–Kier alpha value is -1.49. The Kier molecular flexibility index (Phi) is 6.51. The Morgan fingerprint density at radius 2 is 1.96 bits per heavy atom. The largest absolute Gasteiger partial charge is 0.276 e. The average molecular weight is 426 g/mol. The molecule has 3 aromatic rings. The van der Waals surface area contributed by atoms with Crippen LogP contribution in [0.15, 0.2) is 33.8 Å². The van der Waals surface area contributed by atoms with Crippen LogP contribution in [0.25, 0.3) is 5.65 Å². The number of aromatic nitrogens is 4. The number of hydrogen-bond donors (Lipinski definition) is 0. The van der Waals surface area contributed by atoms with E-state index < -0.39 is 10.0 Å². The Morgan fingerprint density at radius 3 is 2.67 bits per heavy atom. The molecule has 0 aliphatic heterocycles. The van der Waals surface area contributed by atoms with Crippen LogP contribution in [0.4, 0.5) is 0 Å². The number of sulfonamides is 1. The molecule has 3 heterocycles. The van der Waals surface area contributed by atoms with Crippen molar-refractivity contribution in [1.29, 1.82) is 0 Å². The molecule has 0 saturated carbocycles. The van der Waals surface area contributed by atoms with E-state index in [0.717, 1.165) is 23.5 Å². The van der Waals surface area contributed by atoms with Gasteiger partial charge in [-0.25, -0.2) is 13.4 Å². The van der Waals surface area contributed by atoms with Gasteiger partial charge >= 0.3 is 0 Å². The maximum absolute atomic E-state index is 12.8. The average Bonchev–Trinajstić information content (AvgIpc) is 3.27. The lowest BCUT2D eigenvalue weighted by Crippen LogP contribution is -2.30. The molecule has 0 atom stereocenters. The molecule has 146 valence electrons. The van der Waals surface area contributed by atoms with Gasteiger partial charge in [0, 0.05) is 30.4 Å². The van der Waals surface area contributed by atoms with Crippen LogP contribution in [0.3, 0.4) is 0 Å². The molecule has 0 bridgehead atoms. The van der Waals surface area contributed by atoms with Gasteiger partial charge < -0.3 is 0 Å². The van der Waals surface area contributed by atoms with Gasteiger partial charge in [0.05, 0.1) is 15.6 Å². The number of thioether (sulfide) groups is 1. The maximum Gasteiger partial charge on any atom is 0.244 e. The first-order valence-electron chi connectivity index (χ1n) is 8.90. The molecular weight excluding hydrogens is 402 g/mol. The third-order valence-corrected chi connectivity index (χ3v) is 8.07. The molecule has 0 spiro atoms. The fraction of sp³-hybridized carbons (Fsp3) is 0.471. The van der Waals surface area contributed by atoms with Crippen molar-refractivity contribution >= 4 is 38.8 Å². The van der Waals surface area contributed by atoms with Gasteiger partial charge in [-0.05, 0) is 25.0 Å². The van der Waals surface area contributed by atoms with Crippen molar-refractivity contribution in [3.8, 4) is 0 Å². The predicted octanol–water partition coefficient (Wildman–Crippen LogP) is 3.46. The molecule has 10 heteroatoms. The molecular formula is C17H23N5O2S3. The highest BCUT2D eigenvalue weighted by atomic mass is 32.2. The predicted molar refractivity (Wildman–Crippen MR) is 109 cm³/mol. The van der Waals surface area contributed by atoms with Crippen molar-refractivity contribution in [1.82, 2.24) is 23.9 Å². The van der Waals surface area contributed by atoms with Crippen LogP contribution >= 0.6 is 23.1 Å². The molecule has 7 nitrogen and oxygen atoms in total. The van der Waals surface area contributed by atoms with Crippen LogP contribution in [-0.4, -0.2) is 45.4 Å². The highest BCUT2D eigenvalue weighted by molar-refractivity contribution is 7.98. The standard InChI is InChI=1S/C17H23N5O2S3/c1-4-7-16-18-13(11-25-16)12-26-17-20-19-15-9-8-14(10-22(15)17)27(23,24)21(5-2)6-3/h8-11H,4-7,12H2,1-3H3. The Bertz CT molecular complexity index is 1010. The number of pyridine rings is 1. The van der Waals surface area contributed by atoms with E-state index in [1.165, 1.54) is 16.1 Å². The topological polar surface area (TPSA) is 80.5 Å². The van der Waals surface area contributed by atoms with E-state index in [9.17, 15) is 8.42 Å². The summed E-state index contributed by atoms with van der Waals surface area (Å²) in [5.41, 5.74) is 1.64. The van der Waals surface area contributed by atoms with Gasteiger partial charge in [0.2, 0.25) is 10.0 Å². The number of aryl methyl sites for hydroxylation is 1. The zero-order valence-corrected chi connectivity index (χ0v) is 18.1. The summed E-state index contributed by atoms with van der Waals surface area (Å²) in [6.07, 6.45) is 3.68. The number of nitrogens with zero attached hydrogens (tertiary/aromatic N) is 5. The summed E-state index contributed by atoms with van der Waals surface area (Å²) in [7, 11) is -3.52. The number of rotatable bonds is 9. The minimum absolute atomic E-state index is 0.249. The van der Waals surface area contributed by atoms with E-state index in [4.69, 9.17) is 0 Å². The van der Waals surface area contributed by atoms with Gasteiger partial charge in [-0.15, -0.1) is 21.5 Å². The molecule has 0 aliphatic rings. The number of thiazole rings is 1. The van der Waals surface area contributed by atoms with E-state index in [1.807, 2.05) is 13.8 Å². The van der Waals surface area contributed by atoms with Gasteiger partial charge in [-0.1, -0.05) is 32.5 Å². The third kappa shape index (κ3) is 4.34. The molecule has 0 amide bonds. The van der Waals surface area contributed by atoms with Crippen molar-refractivity contribution in [2.24, 2.45) is 0 Å². The summed E-state index contributed by atoms with van der Waals surface area (Å²) < 4.78 is 28.7. The zero-order valence-electron chi connectivity index (χ0n) is 15.6. The van der Waals surface area contributed by atoms with Crippen LogP contribution in [0, 0.1) is 0 Å². The van der Waals surface area contributed by atoms with Crippen molar-refractivity contribution in [2.45, 2.75) is 49.4 Å².